The lowest BCUT2D eigenvalue weighted by molar-refractivity contribution is -0.160. The highest BCUT2D eigenvalue weighted by atomic mass is 16.4. The summed E-state index contributed by atoms with van der Waals surface area (Å²) in [5.41, 5.74) is -11.4. The first kappa shape index (κ1) is 59.1. The second-order valence-electron chi connectivity index (χ2n) is 23.6. The number of phenolic OH excluding ortho intramolecular Hbond substituents is 2. The van der Waals surface area contributed by atoms with Crippen molar-refractivity contribution in [3.05, 3.63) is 164 Å². The number of hydrogen-bond donors (Lipinski definition) is 12. The Balaban J connectivity index is 0.928. The molecule has 0 bridgehead atoms. The van der Waals surface area contributed by atoms with Crippen LogP contribution < -0.4 is 10.6 Å². The minimum absolute atomic E-state index is 0.0957. The number of Topliss-reactive ketones (excluding diaryl/α,β-unsaturated/α-hetero) is 4. The Morgan fingerprint density at radius 1 is 0.512 bits per heavy atom. The number of carbonyl (C=O) groups excluding carboxylic acids is 6. The number of aliphatic hydroxyl groups excluding tert-OH is 4. The molecule has 6 aliphatic carbocycles. The van der Waals surface area contributed by atoms with Gasteiger partial charge in [-0.25, -0.2) is 0 Å². The lowest BCUT2D eigenvalue weighted by atomic mass is 9.54. The zero-order chi connectivity index (χ0) is 60.9. The van der Waals surface area contributed by atoms with Gasteiger partial charge in [-0.3, -0.25) is 48.4 Å². The van der Waals surface area contributed by atoms with Crippen LogP contribution in [-0.4, -0.2) is 184 Å². The van der Waals surface area contributed by atoms with Gasteiger partial charge in [-0.15, -0.1) is 0 Å². The normalized spacial score (nSPS) is 29.2. The Hall–Kier alpha value is -8.06. The van der Waals surface area contributed by atoms with Gasteiger partial charge in [0.25, 0.3) is 11.8 Å². The quantitative estimate of drug-likeness (QED) is 0.0601. The predicted molar refractivity (Wildman–Crippen MR) is 302 cm³/mol. The Kier molecular flexibility index (Phi) is 15.2. The van der Waals surface area contributed by atoms with E-state index in [-0.39, 0.29) is 74.6 Å². The van der Waals surface area contributed by atoms with Crippen LogP contribution in [-0.2, 0) is 53.1 Å². The van der Waals surface area contributed by atoms with Gasteiger partial charge in [0.2, 0.25) is 11.6 Å². The van der Waals surface area contributed by atoms with Crippen molar-refractivity contribution >= 4 is 46.5 Å². The maximum Gasteiger partial charge on any atom is 0.259 e. The highest BCUT2D eigenvalue weighted by Gasteiger charge is 2.68. The van der Waals surface area contributed by atoms with Crippen LogP contribution >= 0.6 is 0 Å². The molecule has 2 fully saturated rings. The molecule has 0 saturated heterocycles. The molecule has 0 aromatic heterocycles. The molecule has 84 heavy (non-hydrogen) atoms. The van der Waals surface area contributed by atoms with Crippen LogP contribution in [0.25, 0.3) is 11.5 Å². The molecular weight excluding hydrogens is 1080 g/mol. The van der Waals surface area contributed by atoms with Crippen molar-refractivity contribution in [1.82, 2.24) is 30.2 Å². The molecule has 0 aliphatic heterocycles. The lowest BCUT2D eigenvalue weighted by Crippen LogP contribution is -2.67. The van der Waals surface area contributed by atoms with Crippen LogP contribution in [0.2, 0.25) is 0 Å². The first-order chi connectivity index (χ1) is 39.6. The number of aromatic hydroxyl groups is 2. The molecule has 6 aliphatic rings. The lowest BCUT2D eigenvalue weighted by Gasteiger charge is -2.53. The molecule has 442 valence electrons. The number of nitrogens with zero attached hydrogens (tertiary/aromatic N) is 4. The first-order valence-corrected chi connectivity index (χ1v) is 27.5. The summed E-state index contributed by atoms with van der Waals surface area (Å²) in [4.78, 5) is 94.1. The van der Waals surface area contributed by atoms with E-state index in [0.717, 1.165) is 11.1 Å². The van der Waals surface area contributed by atoms with Gasteiger partial charge in [0.05, 0.1) is 47.8 Å². The molecule has 4 aromatic rings. The summed E-state index contributed by atoms with van der Waals surface area (Å²) in [6, 6.07) is 23.6. The number of likely N-dealkylation sites (N-methyl/N-ethyl adjacent to an activating group) is 2. The van der Waals surface area contributed by atoms with E-state index in [9.17, 15) is 79.8 Å². The van der Waals surface area contributed by atoms with Crippen molar-refractivity contribution in [3.63, 3.8) is 0 Å². The SMILES string of the molecule is CN(C)[C@@H]1C(=O)C(C(=O)NCN(CCN(CNC(=O)C2=C(O)[C@]3(O)C(=O)C4=C(O)c5c(O)cccc5[C@](C)(O)C4CC3[C@@H](N(C)C)C2=O)Cc2ccccc2)Cc2ccccc2)=C(O)[C@@]2(O)C(=O)C3=C(O)c4c(O)cccc4[C@@](C)(O)C3CC12. The molecule has 4 aromatic carbocycles. The summed E-state index contributed by atoms with van der Waals surface area (Å²) in [5, 5.41) is 123. The topological polar surface area (TPSA) is 342 Å². The van der Waals surface area contributed by atoms with Crippen molar-refractivity contribution in [3.8, 4) is 11.5 Å². The fraction of sp³-hybridized carbons (Fsp3) is 0.387. The molecule has 0 heterocycles. The third kappa shape index (κ3) is 9.19. The van der Waals surface area contributed by atoms with E-state index in [1.54, 1.807) is 46.2 Å². The number of fused-ring (bicyclic) bond motifs is 6. The third-order valence-electron chi connectivity index (χ3n) is 18.2. The molecule has 0 spiro atoms. The van der Waals surface area contributed by atoms with Gasteiger partial charge in [-0.1, -0.05) is 84.9 Å². The van der Waals surface area contributed by atoms with E-state index in [1.807, 2.05) is 24.3 Å². The van der Waals surface area contributed by atoms with Crippen LogP contribution in [0.1, 0.15) is 60.1 Å². The fourth-order valence-corrected chi connectivity index (χ4v) is 13.9. The van der Waals surface area contributed by atoms with Crippen molar-refractivity contribution < 1.29 is 79.8 Å². The Bertz CT molecular complexity index is 3320. The Morgan fingerprint density at radius 2 is 0.857 bits per heavy atom. The number of phenols is 2. The standard InChI is InChI=1S/C62H68N6O16/c1-59(81)33-19-13-21-39(69)41(33)49(71)43-35(59)25-37-47(65(3)4)51(73)45(55(77)61(37,83)53(43)75)57(79)63-29-67(27-31-15-9-7-10-16-31)23-24-68(28-32-17-11-8-12-18-32)30-64-58(80)46-52(74)48(66(5)6)38-26-36-44(54(76)62(38,84)56(46)78)50(72)42-34(60(36,2)82)20-14-22-40(42)70/h7-22,35-38,47-48,69-72,77-78,81-84H,23-30H2,1-6H3,(H,63,79)(H,64,80)/t35?,36?,37?,38?,47-,48+,59+,60-,61-,62+. The summed E-state index contributed by atoms with van der Waals surface area (Å²) in [7, 11) is 5.96. The van der Waals surface area contributed by atoms with E-state index in [0.29, 0.717) is 0 Å². The van der Waals surface area contributed by atoms with Crippen molar-refractivity contribution in [2.75, 3.05) is 54.6 Å². The van der Waals surface area contributed by atoms with Crippen LogP contribution in [0.15, 0.2) is 131 Å². The van der Waals surface area contributed by atoms with Gasteiger partial charge >= 0.3 is 0 Å². The van der Waals surface area contributed by atoms with Crippen molar-refractivity contribution in [1.29, 1.82) is 0 Å². The monoisotopic (exact) mass is 1150 g/mol. The van der Waals surface area contributed by atoms with Crippen LogP contribution in [0.5, 0.6) is 11.5 Å². The molecular formula is C62H68N6O16. The minimum Gasteiger partial charge on any atom is -0.508 e. The Labute approximate surface area is 483 Å². The number of amides is 2. The summed E-state index contributed by atoms with van der Waals surface area (Å²) >= 11 is 0. The van der Waals surface area contributed by atoms with Gasteiger partial charge in [0.15, 0.2) is 22.8 Å². The summed E-state index contributed by atoms with van der Waals surface area (Å²) in [6.45, 7) is 2.65. The van der Waals surface area contributed by atoms with E-state index >= 15 is 0 Å². The number of carbonyl (C=O) groups is 6. The average molecular weight is 1150 g/mol. The summed E-state index contributed by atoms with van der Waals surface area (Å²) < 4.78 is 0. The smallest absolute Gasteiger partial charge is 0.259 e. The van der Waals surface area contributed by atoms with Crippen molar-refractivity contribution in [2.45, 2.75) is 74.3 Å². The maximum absolute atomic E-state index is 14.8. The fourth-order valence-electron chi connectivity index (χ4n) is 13.9. The van der Waals surface area contributed by atoms with Gasteiger partial charge in [-0.2, -0.15) is 0 Å². The molecule has 12 N–H and O–H groups in total. The number of aliphatic hydroxyl groups is 8. The second kappa shape index (κ2) is 21.5. The average Bonchev–Trinajstić information content (AvgIpc) is 0.950. The first-order valence-electron chi connectivity index (χ1n) is 27.5. The van der Waals surface area contributed by atoms with Crippen LogP contribution in [0.3, 0.4) is 0 Å². The molecule has 22 heteroatoms. The number of benzene rings is 4. The number of nitrogens with one attached hydrogen (secondary N) is 2. The van der Waals surface area contributed by atoms with Gasteiger partial charge in [-0.05, 0) is 89.3 Å². The highest BCUT2D eigenvalue weighted by Crippen LogP contribution is 2.59. The van der Waals surface area contributed by atoms with Crippen LogP contribution in [0.4, 0.5) is 0 Å². The number of rotatable bonds is 15. The van der Waals surface area contributed by atoms with Crippen molar-refractivity contribution in [2.24, 2.45) is 23.7 Å². The molecule has 22 nitrogen and oxygen atoms in total. The molecule has 10 rings (SSSR count). The highest BCUT2D eigenvalue weighted by molar-refractivity contribution is 6.26. The van der Waals surface area contributed by atoms with Gasteiger partial charge < -0.3 is 61.7 Å². The largest absolute Gasteiger partial charge is 0.508 e. The predicted octanol–water partition coefficient (Wildman–Crippen LogP) is 2.45. The molecule has 0 radical (unpaired) electrons. The van der Waals surface area contributed by atoms with E-state index in [2.05, 4.69) is 10.6 Å². The maximum atomic E-state index is 14.8. The van der Waals surface area contributed by atoms with Crippen LogP contribution in [0, 0.1) is 23.7 Å². The zero-order valence-electron chi connectivity index (χ0n) is 47.1. The summed E-state index contributed by atoms with van der Waals surface area (Å²) in [5.74, 6) is -17.0. The molecule has 2 saturated carbocycles. The third-order valence-corrected chi connectivity index (χ3v) is 18.2. The number of ketones is 4. The molecule has 10 atom stereocenters. The van der Waals surface area contributed by atoms with E-state index in [4.69, 9.17) is 0 Å². The number of hydrogen-bond acceptors (Lipinski definition) is 20. The molecule has 4 unspecified atom stereocenters. The zero-order valence-corrected chi connectivity index (χ0v) is 47.1. The second-order valence-corrected chi connectivity index (χ2v) is 23.6. The Morgan fingerprint density at radius 3 is 1.19 bits per heavy atom. The van der Waals surface area contributed by atoms with Gasteiger partial charge in [0, 0.05) is 61.0 Å². The summed E-state index contributed by atoms with van der Waals surface area (Å²) in [6.07, 6.45) is -0.651. The van der Waals surface area contributed by atoms with Gasteiger partial charge in [0.1, 0.15) is 45.7 Å². The van der Waals surface area contributed by atoms with E-state index < -0.39 is 150 Å². The minimum atomic E-state index is -2.97. The van der Waals surface area contributed by atoms with E-state index in [1.165, 1.54) is 88.2 Å². The molecule has 2 amide bonds.